The second-order valence-electron chi connectivity index (χ2n) is 7.29. The van der Waals surface area contributed by atoms with Crippen molar-refractivity contribution in [2.45, 2.75) is 45.1 Å². The summed E-state index contributed by atoms with van der Waals surface area (Å²) in [5, 5.41) is 16.9. The van der Waals surface area contributed by atoms with Gasteiger partial charge < -0.3 is 15.2 Å². The molecule has 0 aliphatic heterocycles. The Morgan fingerprint density at radius 3 is 2.63 bits per heavy atom. The van der Waals surface area contributed by atoms with Crippen molar-refractivity contribution in [3.05, 3.63) is 41.7 Å². The molecule has 7 nitrogen and oxygen atoms in total. The van der Waals surface area contributed by atoms with E-state index < -0.39 is 17.4 Å². The number of carboxylic acid groups (broad SMARTS) is 1. The Morgan fingerprint density at radius 2 is 2.00 bits per heavy atom. The van der Waals surface area contributed by atoms with Crippen LogP contribution in [-0.2, 0) is 4.79 Å². The number of hydrogen-bond donors (Lipinski definition) is 2. The molecule has 2 aromatic rings. The van der Waals surface area contributed by atoms with Gasteiger partial charge in [-0.2, -0.15) is 5.10 Å². The number of hydrogen-bond acceptors (Lipinski definition) is 4. The lowest BCUT2D eigenvalue weighted by atomic mass is 9.74. The summed E-state index contributed by atoms with van der Waals surface area (Å²) in [4.78, 5) is 24.4. The highest BCUT2D eigenvalue weighted by atomic mass is 16.5. The number of methoxy groups -OCH3 is 1. The fourth-order valence-corrected chi connectivity index (χ4v) is 3.77. The van der Waals surface area contributed by atoms with Gasteiger partial charge in [-0.3, -0.25) is 9.59 Å². The molecule has 27 heavy (non-hydrogen) atoms. The van der Waals surface area contributed by atoms with Crippen LogP contribution in [0, 0.1) is 12.8 Å². The molecule has 7 heteroatoms. The second kappa shape index (κ2) is 7.42. The predicted molar refractivity (Wildman–Crippen MR) is 100 cm³/mol. The molecule has 2 unspecified atom stereocenters. The number of aryl methyl sites for hydroxylation is 1. The Labute approximate surface area is 158 Å². The summed E-state index contributed by atoms with van der Waals surface area (Å²) in [6.45, 7) is 3.69. The third-order valence-electron chi connectivity index (χ3n) is 5.34. The number of amides is 1. The molecule has 2 atom stereocenters. The standard InChI is InChI=1S/C20H25N3O4/c1-13-12-17(22-23(13)14-7-9-15(27-3)10-8-14)18(24)21-20(2)11-5-4-6-16(20)19(25)26/h7-10,12,16H,4-6,11H2,1-3H3,(H,21,24)(H,25,26). The summed E-state index contributed by atoms with van der Waals surface area (Å²) < 4.78 is 6.85. The lowest BCUT2D eigenvalue weighted by molar-refractivity contribution is -0.145. The Bertz CT molecular complexity index is 843. The first-order valence-electron chi connectivity index (χ1n) is 9.10. The summed E-state index contributed by atoms with van der Waals surface area (Å²) >= 11 is 0. The number of rotatable bonds is 5. The summed E-state index contributed by atoms with van der Waals surface area (Å²) in [6.07, 6.45) is 2.99. The fraction of sp³-hybridized carbons (Fsp3) is 0.450. The molecule has 144 valence electrons. The fourth-order valence-electron chi connectivity index (χ4n) is 3.77. The molecule has 1 aliphatic carbocycles. The van der Waals surface area contributed by atoms with E-state index in [2.05, 4.69) is 10.4 Å². The molecule has 1 amide bonds. The summed E-state index contributed by atoms with van der Waals surface area (Å²) in [7, 11) is 1.60. The van der Waals surface area contributed by atoms with Crippen LogP contribution in [0.25, 0.3) is 5.69 Å². The molecule has 0 bridgehead atoms. The van der Waals surface area contributed by atoms with E-state index in [4.69, 9.17) is 4.74 Å². The van der Waals surface area contributed by atoms with E-state index in [-0.39, 0.29) is 11.6 Å². The molecular formula is C20H25N3O4. The van der Waals surface area contributed by atoms with E-state index >= 15 is 0 Å². The third kappa shape index (κ3) is 3.82. The molecule has 1 fully saturated rings. The van der Waals surface area contributed by atoms with Gasteiger partial charge in [-0.25, -0.2) is 4.68 Å². The van der Waals surface area contributed by atoms with Gasteiger partial charge in [-0.1, -0.05) is 12.8 Å². The van der Waals surface area contributed by atoms with Crippen molar-refractivity contribution < 1.29 is 19.4 Å². The minimum absolute atomic E-state index is 0.277. The lowest BCUT2D eigenvalue weighted by Gasteiger charge is -2.39. The monoisotopic (exact) mass is 371 g/mol. The highest BCUT2D eigenvalue weighted by Gasteiger charge is 2.42. The van der Waals surface area contributed by atoms with Crippen LogP contribution in [0.2, 0.25) is 0 Å². The average Bonchev–Trinajstić information content (AvgIpc) is 3.03. The molecular weight excluding hydrogens is 346 g/mol. The Kier molecular flexibility index (Phi) is 5.21. The summed E-state index contributed by atoms with van der Waals surface area (Å²) in [5.41, 5.74) is 1.15. The van der Waals surface area contributed by atoms with Crippen molar-refractivity contribution in [2.24, 2.45) is 5.92 Å². The molecule has 0 spiro atoms. The number of carbonyl (C=O) groups is 2. The van der Waals surface area contributed by atoms with E-state index in [1.807, 2.05) is 38.1 Å². The van der Waals surface area contributed by atoms with Gasteiger partial charge in [0.2, 0.25) is 0 Å². The van der Waals surface area contributed by atoms with Crippen LogP contribution in [0.4, 0.5) is 0 Å². The van der Waals surface area contributed by atoms with Gasteiger partial charge in [0.1, 0.15) is 5.75 Å². The maximum atomic E-state index is 12.8. The number of aromatic nitrogens is 2. The minimum atomic E-state index is -0.863. The normalized spacial score (nSPS) is 22.3. The molecule has 1 aliphatic rings. The molecule has 0 saturated heterocycles. The quantitative estimate of drug-likeness (QED) is 0.843. The average molecular weight is 371 g/mol. The minimum Gasteiger partial charge on any atom is -0.497 e. The van der Waals surface area contributed by atoms with Gasteiger partial charge in [0, 0.05) is 5.69 Å². The summed E-state index contributed by atoms with van der Waals surface area (Å²) in [5.74, 6) is -1.05. The molecule has 1 saturated carbocycles. The molecule has 3 rings (SSSR count). The highest BCUT2D eigenvalue weighted by molar-refractivity contribution is 5.93. The Morgan fingerprint density at radius 1 is 1.30 bits per heavy atom. The van der Waals surface area contributed by atoms with Crippen molar-refractivity contribution in [1.29, 1.82) is 0 Å². The molecule has 1 heterocycles. The molecule has 1 aromatic heterocycles. The Hall–Kier alpha value is -2.83. The first kappa shape index (κ1) is 18.9. The smallest absolute Gasteiger partial charge is 0.308 e. The van der Waals surface area contributed by atoms with Crippen molar-refractivity contribution in [1.82, 2.24) is 15.1 Å². The number of aliphatic carboxylic acids is 1. The van der Waals surface area contributed by atoms with Gasteiger partial charge in [-0.05, 0) is 57.0 Å². The Balaban J connectivity index is 1.82. The first-order chi connectivity index (χ1) is 12.8. The van der Waals surface area contributed by atoms with Crippen LogP contribution < -0.4 is 10.1 Å². The van der Waals surface area contributed by atoms with Crippen LogP contribution in [0.15, 0.2) is 30.3 Å². The van der Waals surface area contributed by atoms with Gasteiger partial charge in [-0.15, -0.1) is 0 Å². The van der Waals surface area contributed by atoms with Crippen molar-refractivity contribution >= 4 is 11.9 Å². The highest BCUT2D eigenvalue weighted by Crippen LogP contribution is 2.34. The number of carbonyl (C=O) groups excluding carboxylic acids is 1. The summed E-state index contributed by atoms with van der Waals surface area (Å²) in [6, 6.07) is 9.10. The van der Waals surface area contributed by atoms with Gasteiger partial charge in [0.05, 0.1) is 24.3 Å². The van der Waals surface area contributed by atoms with E-state index in [9.17, 15) is 14.7 Å². The maximum absolute atomic E-state index is 12.8. The first-order valence-corrected chi connectivity index (χ1v) is 9.10. The number of carboxylic acids is 1. The SMILES string of the molecule is COc1ccc(-n2nc(C(=O)NC3(C)CCCCC3C(=O)O)cc2C)cc1. The van der Waals surface area contributed by atoms with Crippen molar-refractivity contribution in [3.8, 4) is 11.4 Å². The maximum Gasteiger partial charge on any atom is 0.308 e. The number of nitrogens with one attached hydrogen (secondary N) is 1. The number of nitrogens with zero attached hydrogens (tertiary/aromatic N) is 2. The van der Waals surface area contributed by atoms with Crippen LogP contribution in [0.3, 0.4) is 0 Å². The van der Waals surface area contributed by atoms with Crippen LogP contribution in [0.1, 0.15) is 48.8 Å². The van der Waals surface area contributed by atoms with E-state index in [1.165, 1.54) is 0 Å². The zero-order valence-corrected chi connectivity index (χ0v) is 15.9. The van der Waals surface area contributed by atoms with Gasteiger partial charge in [0.15, 0.2) is 5.69 Å². The predicted octanol–water partition coefficient (Wildman–Crippen LogP) is 2.95. The molecule has 0 radical (unpaired) electrons. The van der Waals surface area contributed by atoms with Gasteiger partial charge >= 0.3 is 5.97 Å². The van der Waals surface area contributed by atoms with E-state index in [0.717, 1.165) is 30.0 Å². The number of ether oxygens (including phenoxy) is 1. The molecule has 2 N–H and O–H groups in total. The second-order valence-corrected chi connectivity index (χ2v) is 7.29. The largest absolute Gasteiger partial charge is 0.497 e. The van der Waals surface area contributed by atoms with E-state index in [0.29, 0.717) is 12.8 Å². The zero-order valence-electron chi connectivity index (χ0n) is 15.9. The molecule has 1 aromatic carbocycles. The van der Waals surface area contributed by atoms with Crippen molar-refractivity contribution in [2.75, 3.05) is 7.11 Å². The van der Waals surface area contributed by atoms with Gasteiger partial charge in [0.25, 0.3) is 5.91 Å². The lowest BCUT2D eigenvalue weighted by Crippen LogP contribution is -2.55. The third-order valence-corrected chi connectivity index (χ3v) is 5.34. The van der Waals surface area contributed by atoms with Crippen LogP contribution >= 0.6 is 0 Å². The topological polar surface area (TPSA) is 93.5 Å². The number of benzene rings is 1. The van der Waals surface area contributed by atoms with E-state index in [1.54, 1.807) is 17.9 Å². The van der Waals surface area contributed by atoms with Crippen molar-refractivity contribution in [3.63, 3.8) is 0 Å². The van der Waals surface area contributed by atoms with Crippen LogP contribution in [0.5, 0.6) is 5.75 Å². The zero-order chi connectivity index (χ0) is 19.6. The van der Waals surface area contributed by atoms with Crippen LogP contribution in [-0.4, -0.2) is 39.4 Å².